The molecule has 0 radical (unpaired) electrons. The highest BCUT2D eigenvalue weighted by Gasteiger charge is 2.12. The number of rotatable bonds is 4. The molecule has 0 unspecified atom stereocenters. The molecule has 100 valence electrons. The summed E-state index contributed by atoms with van der Waals surface area (Å²) >= 11 is 0. The second kappa shape index (κ2) is 6.29. The van der Waals surface area contributed by atoms with Gasteiger partial charge in [-0.1, -0.05) is 24.3 Å². The first-order valence-electron chi connectivity index (χ1n) is 5.88. The lowest BCUT2D eigenvalue weighted by Gasteiger charge is -2.06. The largest absolute Gasteiger partial charge is 0.477 e. The molecule has 2 aromatic rings. The van der Waals surface area contributed by atoms with Crippen LogP contribution in [0.4, 0.5) is 0 Å². The summed E-state index contributed by atoms with van der Waals surface area (Å²) < 4.78 is 0. The predicted octanol–water partition coefficient (Wildman–Crippen LogP) is 1.94. The first-order chi connectivity index (χ1) is 9.66. The van der Waals surface area contributed by atoms with Crippen molar-refractivity contribution in [3.8, 4) is 0 Å². The van der Waals surface area contributed by atoms with E-state index in [2.05, 4.69) is 10.3 Å². The SMILES string of the molecule is O=C(O)/C(=C\c1cccnc1)NC(=O)c1ccccc1. The Morgan fingerprint density at radius 3 is 2.45 bits per heavy atom. The lowest BCUT2D eigenvalue weighted by molar-refractivity contribution is -0.132. The van der Waals surface area contributed by atoms with Crippen molar-refractivity contribution in [2.45, 2.75) is 0 Å². The molecule has 1 amide bonds. The molecule has 0 aliphatic carbocycles. The van der Waals surface area contributed by atoms with Gasteiger partial charge in [-0.2, -0.15) is 0 Å². The number of pyridine rings is 1. The Morgan fingerprint density at radius 1 is 1.10 bits per heavy atom. The van der Waals surface area contributed by atoms with Crippen LogP contribution in [0.2, 0.25) is 0 Å². The minimum Gasteiger partial charge on any atom is -0.477 e. The molecule has 0 aliphatic rings. The normalized spacial score (nSPS) is 10.9. The summed E-state index contributed by atoms with van der Waals surface area (Å²) in [4.78, 5) is 27.0. The lowest BCUT2D eigenvalue weighted by Crippen LogP contribution is -2.27. The van der Waals surface area contributed by atoms with Crippen LogP contribution in [0, 0.1) is 0 Å². The Hall–Kier alpha value is -2.95. The van der Waals surface area contributed by atoms with E-state index in [0.717, 1.165) is 0 Å². The number of carbonyl (C=O) groups excluding carboxylic acids is 1. The van der Waals surface area contributed by atoms with Gasteiger partial charge in [-0.3, -0.25) is 9.78 Å². The molecule has 0 bridgehead atoms. The van der Waals surface area contributed by atoms with Gasteiger partial charge >= 0.3 is 5.97 Å². The Kier molecular flexibility index (Phi) is 4.24. The van der Waals surface area contributed by atoms with Crippen LogP contribution in [-0.2, 0) is 4.79 Å². The molecular weight excluding hydrogens is 256 g/mol. The number of carbonyl (C=O) groups is 2. The quantitative estimate of drug-likeness (QED) is 0.830. The van der Waals surface area contributed by atoms with Crippen molar-refractivity contribution in [1.82, 2.24) is 10.3 Å². The fourth-order valence-corrected chi connectivity index (χ4v) is 1.56. The minimum absolute atomic E-state index is 0.202. The second-order valence-electron chi connectivity index (χ2n) is 3.97. The molecule has 0 saturated heterocycles. The van der Waals surface area contributed by atoms with Gasteiger partial charge in [0, 0.05) is 18.0 Å². The molecule has 1 heterocycles. The fourth-order valence-electron chi connectivity index (χ4n) is 1.56. The molecule has 0 fully saturated rings. The number of hydrogen-bond donors (Lipinski definition) is 2. The average molecular weight is 268 g/mol. The molecule has 2 rings (SSSR count). The topological polar surface area (TPSA) is 79.3 Å². The number of aromatic nitrogens is 1. The Bertz CT molecular complexity index is 637. The zero-order chi connectivity index (χ0) is 14.4. The van der Waals surface area contributed by atoms with Gasteiger partial charge in [-0.25, -0.2) is 4.79 Å². The predicted molar refractivity (Wildman–Crippen MR) is 73.8 cm³/mol. The molecule has 0 aliphatic heterocycles. The van der Waals surface area contributed by atoms with Gasteiger partial charge in [0.25, 0.3) is 5.91 Å². The maximum absolute atomic E-state index is 11.9. The van der Waals surface area contributed by atoms with Gasteiger partial charge in [-0.05, 0) is 29.8 Å². The van der Waals surface area contributed by atoms with Gasteiger partial charge in [0.05, 0.1) is 0 Å². The summed E-state index contributed by atoms with van der Waals surface area (Å²) in [5, 5.41) is 11.5. The summed E-state index contributed by atoms with van der Waals surface area (Å²) in [5.74, 6) is -1.68. The highest BCUT2D eigenvalue weighted by molar-refractivity contribution is 6.02. The van der Waals surface area contributed by atoms with E-state index < -0.39 is 11.9 Å². The van der Waals surface area contributed by atoms with Crippen molar-refractivity contribution in [2.75, 3.05) is 0 Å². The van der Waals surface area contributed by atoms with E-state index in [1.807, 2.05) is 0 Å². The molecule has 5 nitrogen and oxygen atoms in total. The van der Waals surface area contributed by atoms with Crippen LogP contribution in [0.1, 0.15) is 15.9 Å². The zero-order valence-electron chi connectivity index (χ0n) is 10.5. The van der Waals surface area contributed by atoms with Gasteiger partial charge < -0.3 is 10.4 Å². The summed E-state index contributed by atoms with van der Waals surface area (Å²) in [6.45, 7) is 0. The first kappa shape index (κ1) is 13.5. The van der Waals surface area contributed by atoms with E-state index in [-0.39, 0.29) is 5.70 Å². The van der Waals surface area contributed by atoms with Gasteiger partial charge in [-0.15, -0.1) is 0 Å². The smallest absolute Gasteiger partial charge is 0.352 e. The number of carboxylic acid groups (broad SMARTS) is 1. The second-order valence-corrected chi connectivity index (χ2v) is 3.97. The van der Waals surface area contributed by atoms with E-state index in [1.54, 1.807) is 48.7 Å². The van der Waals surface area contributed by atoms with E-state index in [0.29, 0.717) is 11.1 Å². The van der Waals surface area contributed by atoms with Gasteiger partial charge in [0.15, 0.2) is 0 Å². The van der Waals surface area contributed by atoms with Crippen molar-refractivity contribution < 1.29 is 14.7 Å². The summed E-state index contributed by atoms with van der Waals surface area (Å²) in [7, 11) is 0. The van der Waals surface area contributed by atoms with Crippen molar-refractivity contribution in [2.24, 2.45) is 0 Å². The van der Waals surface area contributed by atoms with E-state index in [1.165, 1.54) is 12.3 Å². The highest BCUT2D eigenvalue weighted by Crippen LogP contribution is 2.05. The molecule has 0 spiro atoms. The number of aliphatic carboxylic acids is 1. The van der Waals surface area contributed by atoms with Crippen LogP contribution in [0.5, 0.6) is 0 Å². The summed E-state index contributed by atoms with van der Waals surface area (Å²) in [5.41, 5.74) is 0.788. The molecule has 0 saturated carbocycles. The van der Waals surface area contributed by atoms with Crippen LogP contribution in [-0.4, -0.2) is 22.0 Å². The summed E-state index contributed by atoms with van der Waals surface area (Å²) in [6, 6.07) is 11.8. The molecule has 1 aromatic carbocycles. The van der Waals surface area contributed by atoms with Crippen molar-refractivity contribution in [1.29, 1.82) is 0 Å². The van der Waals surface area contributed by atoms with Crippen LogP contribution >= 0.6 is 0 Å². The van der Waals surface area contributed by atoms with Crippen LogP contribution in [0.25, 0.3) is 6.08 Å². The van der Waals surface area contributed by atoms with E-state index in [9.17, 15) is 9.59 Å². The monoisotopic (exact) mass is 268 g/mol. The van der Waals surface area contributed by atoms with Crippen LogP contribution in [0.3, 0.4) is 0 Å². The molecule has 2 N–H and O–H groups in total. The van der Waals surface area contributed by atoms with Crippen molar-refractivity contribution in [3.05, 3.63) is 71.7 Å². The van der Waals surface area contributed by atoms with Crippen LogP contribution in [0.15, 0.2) is 60.6 Å². The Labute approximate surface area is 115 Å². The maximum Gasteiger partial charge on any atom is 0.352 e. The first-order valence-corrected chi connectivity index (χ1v) is 5.88. The van der Waals surface area contributed by atoms with Gasteiger partial charge in [0.1, 0.15) is 5.70 Å². The summed E-state index contributed by atoms with van der Waals surface area (Å²) in [6.07, 6.45) is 4.45. The lowest BCUT2D eigenvalue weighted by atomic mass is 10.2. The molecule has 0 atom stereocenters. The number of nitrogens with one attached hydrogen (secondary N) is 1. The average Bonchev–Trinajstić information content (AvgIpc) is 2.48. The Balaban J connectivity index is 2.21. The zero-order valence-corrected chi connectivity index (χ0v) is 10.5. The molecule has 20 heavy (non-hydrogen) atoms. The van der Waals surface area contributed by atoms with Crippen LogP contribution < -0.4 is 5.32 Å². The number of hydrogen-bond acceptors (Lipinski definition) is 3. The number of nitrogens with zero attached hydrogens (tertiary/aromatic N) is 1. The molecule has 1 aromatic heterocycles. The van der Waals surface area contributed by atoms with E-state index >= 15 is 0 Å². The fraction of sp³-hybridized carbons (Fsp3) is 0. The number of benzene rings is 1. The highest BCUT2D eigenvalue weighted by atomic mass is 16.4. The minimum atomic E-state index is -1.21. The third-order valence-electron chi connectivity index (χ3n) is 2.51. The third kappa shape index (κ3) is 3.52. The third-order valence-corrected chi connectivity index (χ3v) is 2.51. The maximum atomic E-state index is 11.9. The van der Waals surface area contributed by atoms with Gasteiger partial charge in [0.2, 0.25) is 0 Å². The Morgan fingerprint density at radius 2 is 1.85 bits per heavy atom. The van der Waals surface area contributed by atoms with Crippen molar-refractivity contribution in [3.63, 3.8) is 0 Å². The van der Waals surface area contributed by atoms with Crippen molar-refractivity contribution >= 4 is 18.0 Å². The van der Waals surface area contributed by atoms with E-state index in [4.69, 9.17) is 5.11 Å². The number of carboxylic acids is 1. The standard InChI is InChI=1S/C15H12N2O3/c18-14(12-6-2-1-3-7-12)17-13(15(19)20)9-11-5-4-8-16-10-11/h1-10H,(H,17,18)(H,19,20)/b13-9+. The number of amides is 1. The molecule has 5 heteroatoms. The molecular formula is C15H12N2O3.